The summed E-state index contributed by atoms with van der Waals surface area (Å²) in [6.45, 7) is 6.73. The van der Waals surface area contributed by atoms with Crippen LogP contribution in [0.1, 0.15) is 55.9 Å². The maximum atomic E-state index is 12.6. The first-order chi connectivity index (χ1) is 14.2. The second-order valence-electron chi connectivity index (χ2n) is 8.26. The highest BCUT2D eigenvalue weighted by atomic mass is 32.1. The number of thiophene rings is 1. The highest BCUT2D eigenvalue weighted by Crippen LogP contribution is 2.41. The van der Waals surface area contributed by atoms with Gasteiger partial charge in [-0.25, -0.2) is 0 Å². The average molecular weight is 421 g/mol. The normalized spacial score (nSPS) is 18.6. The largest absolute Gasteiger partial charge is 0.385 e. The van der Waals surface area contributed by atoms with Gasteiger partial charge in [0.1, 0.15) is 0 Å². The molecule has 1 fully saturated rings. The Kier molecular flexibility index (Phi) is 8.36. The highest BCUT2D eigenvalue weighted by Gasteiger charge is 2.33. The van der Waals surface area contributed by atoms with E-state index >= 15 is 0 Å². The molecule has 29 heavy (non-hydrogen) atoms. The van der Waals surface area contributed by atoms with Gasteiger partial charge in [-0.3, -0.25) is 9.79 Å². The van der Waals surface area contributed by atoms with Gasteiger partial charge in [0.05, 0.1) is 0 Å². The standard InChI is InChI=1S/C22H36N4O2S/c1-3-23-21(25-17-22(11-14-28-2)9-4-5-10-22)24-12-6-20(27)26-13-7-19-18(16-26)8-15-29-19/h8,15H,3-7,9-14,16-17H2,1-2H3,(H2,23,24,25). The summed E-state index contributed by atoms with van der Waals surface area (Å²) in [7, 11) is 1.77. The Bertz CT molecular complexity index is 682. The topological polar surface area (TPSA) is 66.0 Å². The quantitative estimate of drug-likeness (QED) is 0.476. The van der Waals surface area contributed by atoms with E-state index in [1.54, 1.807) is 18.4 Å². The molecule has 7 heteroatoms. The van der Waals surface area contributed by atoms with E-state index in [-0.39, 0.29) is 11.3 Å². The predicted octanol–water partition coefficient (Wildman–Crippen LogP) is 3.17. The summed E-state index contributed by atoms with van der Waals surface area (Å²) in [4.78, 5) is 20.9. The van der Waals surface area contributed by atoms with Crippen LogP contribution in [0.25, 0.3) is 0 Å². The summed E-state index contributed by atoms with van der Waals surface area (Å²) in [5.41, 5.74) is 1.59. The Hall–Kier alpha value is -1.60. The summed E-state index contributed by atoms with van der Waals surface area (Å²) in [5.74, 6) is 1.04. The molecule has 0 spiro atoms. The number of fused-ring (bicyclic) bond motifs is 1. The highest BCUT2D eigenvalue weighted by molar-refractivity contribution is 7.10. The first-order valence-electron chi connectivity index (χ1n) is 11.0. The van der Waals surface area contributed by atoms with Crippen molar-refractivity contribution >= 4 is 23.2 Å². The molecule has 0 aromatic carbocycles. The van der Waals surface area contributed by atoms with E-state index in [9.17, 15) is 4.79 Å². The lowest BCUT2D eigenvalue weighted by molar-refractivity contribution is -0.131. The fraction of sp³-hybridized carbons (Fsp3) is 0.727. The minimum Gasteiger partial charge on any atom is -0.385 e. The Balaban J connectivity index is 1.47. The smallest absolute Gasteiger partial charge is 0.224 e. The molecular weight excluding hydrogens is 384 g/mol. The molecule has 0 saturated heterocycles. The molecule has 2 aliphatic rings. The third kappa shape index (κ3) is 6.19. The van der Waals surface area contributed by atoms with Gasteiger partial charge in [0.15, 0.2) is 5.96 Å². The minimum atomic E-state index is 0.220. The molecule has 2 N–H and O–H groups in total. The van der Waals surface area contributed by atoms with Gasteiger partial charge < -0.3 is 20.3 Å². The van der Waals surface area contributed by atoms with Gasteiger partial charge in [-0.1, -0.05) is 12.8 Å². The predicted molar refractivity (Wildman–Crippen MR) is 119 cm³/mol. The van der Waals surface area contributed by atoms with E-state index in [1.165, 1.54) is 36.1 Å². The molecule has 3 rings (SSSR count). The number of carbonyl (C=O) groups is 1. The van der Waals surface area contributed by atoms with Gasteiger partial charge in [0.25, 0.3) is 0 Å². The van der Waals surface area contributed by atoms with Crippen LogP contribution in [0.4, 0.5) is 0 Å². The summed E-state index contributed by atoms with van der Waals surface area (Å²) in [6, 6.07) is 2.15. The fourth-order valence-electron chi connectivity index (χ4n) is 4.43. The SMILES string of the molecule is CCNC(=NCC1(CCOC)CCCC1)NCCC(=O)N1CCc2sccc2C1. The van der Waals surface area contributed by atoms with Crippen LogP contribution in [0.3, 0.4) is 0 Å². The first-order valence-corrected chi connectivity index (χ1v) is 11.9. The number of carbonyl (C=O) groups excluding carboxylic acids is 1. The van der Waals surface area contributed by atoms with Gasteiger partial charge in [-0.05, 0) is 55.0 Å². The lowest BCUT2D eigenvalue weighted by Gasteiger charge is -2.28. The molecule has 0 radical (unpaired) electrons. The van der Waals surface area contributed by atoms with Crippen LogP contribution in [-0.2, 0) is 22.5 Å². The van der Waals surface area contributed by atoms with Crippen LogP contribution < -0.4 is 10.6 Å². The molecule has 1 aromatic rings. The molecule has 1 aliphatic carbocycles. The zero-order valence-corrected chi connectivity index (χ0v) is 18.8. The van der Waals surface area contributed by atoms with Gasteiger partial charge in [-0.2, -0.15) is 0 Å². The number of aliphatic imine (C=N–C) groups is 1. The molecule has 1 aromatic heterocycles. The van der Waals surface area contributed by atoms with Gasteiger partial charge in [0, 0.05) is 57.7 Å². The summed E-state index contributed by atoms with van der Waals surface area (Å²) < 4.78 is 5.33. The molecule has 0 atom stereocenters. The lowest BCUT2D eigenvalue weighted by atomic mass is 9.83. The second-order valence-corrected chi connectivity index (χ2v) is 9.26. The number of methoxy groups -OCH3 is 1. The molecule has 0 unspecified atom stereocenters. The monoisotopic (exact) mass is 420 g/mol. The van der Waals surface area contributed by atoms with E-state index in [0.29, 0.717) is 13.0 Å². The maximum Gasteiger partial charge on any atom is 0.224 e. The van der Waals surface area contributed by atoms with E-state index in [1.807, 2.05) is 4.90 Å². The van der Waals surface area contributed by atoms with Crippen molar-refractivity contribution in [1.29, 1.82) is 0 Å². The third-order valence-electron chi connectivity index (χ3n) is 6.21. The molecule has 1 saturated carbocycles. The molecule has 6 nitrogen and oxygen atoms in total. The van der Waals surface area contributed by atoms with Crippen LogP contribution >= 0.6 is 11.3 Å². The Morgan fingerprint density at radius 1 is 1.34 bits per heavy atom. The number of amides is 1. The number of rotatable bonds is 9. The third-order valence-corrected chi connectivity index (χ3v) is 7.23. The second kappa shape index (κ2) is 11.0. The van der Waals surface area contributed by atoms with Crippen LogP contribution in [0.2, 0.25) is 0 Å². The van der Waals surface area contributed by atoms with Crippen molar-refractivity contribution in [3.63, 3.8) is 0 Å². The number of guanidine groups is 1. The van der Waals surface area contributed by atoms with Crippen LogP contribution in [-0.4, -0.2) is 56.7 Å². The summed E-state index contributed by atoms with van der Waals surface area (Å²) in [5, 5.41) is 8.82. The average Bonchev–Trinajstić information content (AvgIpc) is 3.39. The lowest BCUT2D eigenvalue weighted by Crippen LogP contribution is -2.41. The Labute approximate surface area is 179 Å². The molecule has 162 valence electrons. The summed E-state index contributed by atoms with van der Waals surface area (Å²) >= 11 is 1.80. The molecule has 1 amide bonds. The van der Waals surface area contributed by atoms with Crippen molar-refractivity contribution in [2.24, 2.45) is 10.4 Å². The zero-order valence-electron chi connectivity index (χ0n) is 18.0. The van der Waals surface area contributed by atoms with Crippen molar-refractivity contribution in [1.82, 2.24) is 15.5 Å². The number of nitrogens with one attached hydrogen (secondary N) is 2. The van der Waals surface area contributed by atoms with Crippen LogP contribution in [0, 0.1) is 5.41 Å². The van der Waals surface area contributed by atoms with Crippen LogP contribution in [0.15, 0.2) is 16.4 Å². The number of nitrogens with zero attached hydrogens (tertiary/aromatic N) is 2. The Morgan fingerprint density at radius 2 is 2.17 bits per heavy atom. The van der Waals surface area contributed by atoms with E-state index in [2.05, 4.69) is 29.0 Å². The zero-order chi connectivity index (χ0) is 20.5. The molecular formula is C22H36N4O2S. The first kappa shape index (κ1) is 22.1. The van der Waals surface area contributed by atoms with Gasteiger partial charge in [-0.15, -0.1) is 11.3 Å². The van der Waals surface area contributed by atoms with E-state index < -0.39 is 0 Å². The molecule has 2 heterocycles. The molecule has 1 aliphatic heterocycles. The van der Waals surface area contributed by atoms with E-state index in [0.717, 1.165) is 51.6 Å². The van der Waals surface area contributed by atoms with Crippen molar-refractivity contribution in [2.75, 3.05) is 39.9 Å². The minimum absolute atomic E-state index is 0.220. The van der Waals surface area contributed by atoms with Crippen LogP contribution in [0.5, 0.6) is 0 Å². The van der Waals surface area contributed by atoms with Crippen molar-refractivity contribution < 1.29 is 9.53 Å². The molecule has 0 bridgehead atoms. The van der Waals surface area contributed by atoms with Crippen molar-refractivity contribution in [2.45, 2.75) is 58.4 Å². The van der Waals surface area contributed by atoms with Gasteiger partial charge in [0.2, 0.25) is 5.91 Å². The summed E-state index contributed by atoms with van der Waals surface area (Å²) in [6.07, 6.45) is 7.61. The number of hydrogen-bond donors (Lipinski definition) is 2. The van der Waals surface area contributed by atoms with Gasteiger partial charge >= 0.3 is 0 Å². The van der Waals surface area contributed by atoms with E-state index in [4.69, 9.17) is 9.73 Å². The fourth-order valence-corrected chi connectivity index (χ4v) is 5.32. The van der Waals surface area contributed by atoms with Crippen molar-refractivity contribution in [3.8, 4) is 0 Å². The number of ether oxygens (including phenoxy) is 1. The maximum absolute atomic E-state index is 12.6. The Morgan fingerprint density at radius 3 is 2.93 bits per heavy atom. The number of hydrogen-bond acceptors (Lipinski definition) is 4. The van der Waals surface area contributed by atoms with Crippen molar-refractivity contribution in [3.05, 3.63) is 21.9 Å².